The summed E-state index contributed by atoms with van der Waals surface area (Å²) in [5.41, 5.74) is 0.179. The number of cyclic esters (lactones) is 1. The largest absolute Gasteiger partial charge is 0.458 e. The lowest BCUT2D eigenvalue weighted by atomic mass is 9.73. The highest BCUT2D eigenvalue weighted by Gasteiger charge is 2.53. The van der Waals surface area contributed by atoms with Crippen molar-refractivity contribution >= 4 is 29.2 Å². The minimum absolute atomic E-state index is 0.0455. The summed E-state index contributed by atoms with van der Waals surface area (Å²) < 4.78 is 11.9. The van der Waals surface area contributed by atoms with Crippen LogP contribution in [-0.2, 0) is 19.1 Å². The number of hydrogen-bond donors (Lipinski definition) is 2. The van der Waals surface area contributed by atoms with E-state index in [1.165, 1.54) is 0 Å². The highest BCUT2D eigenvalue weighted by molar-refractivity contribution is 7.09. The normalized spacial score (nSPS) is 37.5. The molecule has 2 N–H and O–H groups in total. The number of epoxide rings is 1. The molecule has 0 saturated carbocycles. The third kappa shape index (κ3) is 6.59. The predicted octanol–water partition coefficient (Wildman–Crippen LogP) is 4.48. The SMILES string of the molecule is C/C(=C\c1csc(C)n1)[C@@H]1C[C@H]2O[C@@]2(C)CCC[C@H](C)[C@@H](O)[C@@H](C)C(=O)C(C)(C)[C@@H](O)CC(=O)O1. The van der Waals surface area contributed by atoms with Gasteiger partial charge < -0.3 is 19.7 Å². The monoisotopic (exact) mass is 507 g/mol. The number of ether oxygens (including phenoxy) is 2. The lowest BCUT2D eigenvalue weighted by Gasteiger charge is -2.34. The Balaban J connectivity index is 1.85. The van der Waals surface area contributed by atoms with E-state index in [0.29, 0.717) is 6.42 Å². The number of rotatable bonds is 2. The van der Waals surface area contributed by atoms with Gasteiger partial charge in [0.2, 0.25) is 0 Å². The van der Waals surface area contributed by atoms with E-state index < -0.39 is 35.6 Å². The van der Waals surface area contributed by atoms with E-state index in [0.717, 1.165) is 35.5 Å². The van der Waals surface area contributed by atoms with Gasteiger partial charge in [0.25, 0.3) is 0 Å². The van der Waals surface area contributed by atoms with Crippen molar-refractivity contribution in [2.24, 2.45) is 17.3 Å². The fraction of sp³-hybridized carbons (Fsp3) is 0.741. The number of Topliss-reactive ketones (excluding diaryl/α,β-unsaturated/α-hetero) is 1. The highest BCUT2D eigenvalue weighted by Crippen LogP contribution is 2.45. The summed E-state index contributed by atoms with van der Waals surface area (Å²) in [7, 11) is 0. The number of nitrogens with zero attached hydrogens (tertiary/aromatic N) is 1. The Morgan fingerprint density at radius 1 is 1.23 bits per heavy atom. The molecule has 3 rings (SSSR count). The van der Waals surface area contributed by atoms with Crippen LogP contribution in [0, 0.1) is 24.2 Å². The molecular formula is C27H41NO6S. The lowest BCUT2D eigenvalue weighted by Crippen LogP contribution is -2.45. The molecular weight excluding hydrogens is 466 g/mol. The second-order valence-corrected chi connectivity index (χ2v) is 12.3. The van der Waals surface area contributed by atoms with Crippen LogP contribution in [0.4, 0.5) is 0 Å². The highest BCUT2D eigenvalue weighted by atomic mass is 32.1. The van der Waals surface area contributed by atoms with E-state index in [-0.39, 0.29) is 29.8 Å². The number of thiazole rings is 1. The molecule has 1 aromatic rings. The fourth-order valence-electron chi connectivity index (χ4n) is 5.07. The predicted molar refractivity (Wildman–Crippen MR) is 136 cm³/mol. The molecule has 8 heteroatoms. The molecule has 7 atom stereocenters. The van der Waals surface area contributed by atoms with E-state index in [2.05, 4.69) is 11.9 Å². The van der Waals surface area contributed by atoms with E-state index in [1.807, 2.05) is 32.2 Å². The molecule has 2 aliphatic rings. The Kier molecular flexibility index (Phi) is 8.62. The van der Waals surface area contributed by atoms with Crippen LogP contribution in [0.3, 0.4) is 0 Å². The van der Waals surface area contributed by atoms with Gasteiger partial charge in [-0.15, -0.1) is 11.3 Å². The summed E-state index contributed by atoms with van der Waals surface area (Å²) in [6.45, 7) is 12.8. The van der Waals surface area contributed by atoms with Crippen molar-refractivity contribution < 1.29 is 29.3 Å². The molecule has 0 amide bonds. The molecule has 35 heavy (non-hydrogen) atoms. The molecule has 0 bridgehead atoms. The molecule has 0 radical (unpaired) electrons. The van der Waals surface area contributed by atoms with Gasteiger partial charge in [-0.25, -0.2) is 4.98 Å². The van der Waals surface area contributed by atoms with Gasteiger partial charge in [0, 0.05) is 17.7 Å². The molecule has 0 unspecified atom stereocenters. The summed E-state index contributed by atoms with van der Waals surface area (Å²) in [5, 5.41) is 24.6. The molecule has 0 aromatic carbocycles. The number of aliphatic hydroxyl groups excluding tert-OH is 2. The first-order chi connectivity index (χ1) is 16.2. The zero-order valence-corrected chi connectivity index (χ0v) is 22.9. The molecule has 0 aliphatic carbocycles. The number of aliphatic hydroxyl groups is 2. The molecule has 7 nitrogen and oxygen atoms in total. The number of aryl methyl sites for hydroxylation is 1. The van der Waals surface area contributed by atoms with Gasteiger partial charge in [-0.05, 0) is 51.2 Å². The maximum absolute atomic E-state index is 13.2. The molecule has 1 aromatic heterocycles. The Bertz CT molecular complexity index is 955. The maximum atomic E-state index is 13.2. The summed E-state index contributed by atoms with van der Waals surface area (Å²) in [6, 6.07) is 0. The first kappa shape index (κ1) is 28.0. The average molecular weight is 508 g/mol. The van der Waals surface area contributed by atoms with Crippen molar-refractivity contribution in [3.8, 4) is 0 Å². The van der Waals surface area contributed by atoms with Gasteiger partial charge in [-0.3, -0.25) is 9.59 Å². The number of hydrogen-bond acceptors (Lipinski definition) is 8. The summed E-state index contributed by atoms with van der Waals surface area (Å²) in [6.07, 6.45) is 1.98. The van der Waals surface area contributed by atoms with E-state index in [9.17, 15) is 19.8 Å². The van der Waals surface area contributed by atoms with Gasteiger partial charge in [0.05, 0.1) is 46.5 Å². The van der Waals surface area contributed by atoms with Gasteiger partial charge in [0.15, 0.2) is 0 Å². The number of aromatic nitrogens is 1. The second kappa shape index (κ2) is 10.8. The van der Waals surface area contributed by atoms with Crippen molar-refractivity contribution in [2.45, 2.75) is 111 Å². The first-order valence-corrected chi connectivity index (χ1v) is 13.5. The second-order valence-electron chi connectivity index (χ2n) is 11.3. The van der Waals surface area contributed by atoms with Crippen LogP contribution >= 0.6 is 11.3 Å². The quantitative estimate of drug-likeness (QED) is 0.449. The fourth-order valence-corrected chi connectivity index (χ4v) is 5.64. The van der Waals surface area contributed by atoms with Crippen molar-refractivity contribution in [1.82, 2.24) is 4.98 Å². The smallest absolute Gasteiger partial charge is 0.309 e. The third-order valence-electron chi connectivity index (χ3n) is 7.93. The van der Waals surface area contributed by atoms with E-state index in [1.54, 1.807) is 32.1 Å². The van der Waals surface area contributed by atoms with Crippen LogP contribution < -0.4 is 0 Å². The van der Waals surface area contributed by atoms with Gasteiger partial charge in [0.1, 0.15) is 11.9 Å². The topological polar surface area (TPSA) is 109 Å². The van der Waals surface area contributed by atoms with Crippen LogP contribution in [0.2, 0.25) is 0 Å². The van der Waals surface area contributed by atoms with Gasteiger partial charge in [-0.2, -0.15) is 0 Å². The molecule has 3 heterocycles. The summed E-state index contributed by atoms with van der Waals surface area (Å²) in [4.78, 5) is 30.6. The van der Waals surface area contributed by atoms with Crippen LogP contribution in [-0.4, -0.2) is 57.0 Å². The van der Waals surface area contributed by atoms with Crippen molar-refractivity contribution in [2.75, 3.05) is 0 Å². The van der Waals surface area contributed by atoms with Crippen molar-refractivity contribution in [1.29, 1.82) is 0 Å². The number of carbonyl (C=O) groups excluding carboxylic acids is 2. The molecule has 2 saturated heterocycles. The number of fused-ring (bicyclic) bond motifs is 1. The average Bonchev–Trinajstić information content (AvgIpc) is 3.22. The number of ketones is 1. The van der Waals surface area contributed by atoms with E-state index >= 15 is 0 Å². The van der Waals surface area contributed by atoms with Crippen LogP contribution in [0.1, 0.15) is 84.3 Å². The zero-order chi connectivity index (χ0) is 26.1. The Hall–Kier alpha value is -1.61. The van der Waals surface area contributed by atoms with Gasteiger partial charge >= 0.3 is 5.97 Å². The zero-order valence-electron chi connectivity index (χ0n) is 22.0. The number of carbonyl (C=O) groups is 2. The number of esters is 1. The Labute approximate surface area is 212 Å². The standard InChI is InChI=1S/C27H41NO6S/c1-15-9-8-10-27(7)22(34-27)12-20(16(2)11-19-14-35-18(4)28-19)33-23(30)13-21(29)26(5,6)25(32)17(3)24(15)31/h11,14-15,17,20-22,24,29,31H,8-10,12-13H2,1-7H3/b16-11+/t15-,17+,20-,21-,22+,24+,27-/m0/s1. The molecule has 2 aliphatic heterocycles. The van der Waals surface area contributed by atoms with Crippen molar-refractivity contribution in [3.63, 3.8) is 0 Å². The van der Waals surface area contributed by atoms with Crippen LogP contribution in [0.5, 0.6) is 0 Å². The van der Waals surface area contributed by atoms with Crippen molar-refractivity contribution in [3.05, 3.63) is 21.7 Å². The minimum atomic E-state index is -1.23. The summed E-state index contributed by atoms with van der Waals surface area (Å²) in [5.74, 6) is -1.55. The Morgan fingerprint density at radius 2 is 1.91 bits per heavy atom. The van der Waals surface area contributed by atoms with Crippen LogP contribution in [0.15, 0.2) is 11.0 Å². The van der Waals surface area contributed by atoms with Gasteiger partial charge in [-0.1, -0.05) is 34.1 Å². The lowest BCUT2D eigenvalue weighted by molar-refractivity contribution is -0.154. The summed E-state index contributed by atoms with van der Waals surface area (Å²) >= 11 is 1.56. The molecule has 0 spiro atoms. The molecule has 196 valence electrons. The first-order valence-electron chi connectivity index (χ1n) is 12.6. The van der Waals surface area contributed by atoms with Crippen LogP contribution in [0.25, 0.3) is 6.08 Å². The Morgan fingerprint density at radius 3 is 2.54 bits per heavy atom. The molecule has 2 fully saturated rings. The van der Waals surface area contributed by atoms with E-state index in [4.69, 9.17) is 9.47 Å². The maximum Gasteiger partial charge on any atom is 0.309 e. The third-order valence-corrected chi connectivity index (χ3v) is 8.72. The minimum Gasteiger partial charge on any atom is -0.458 e.